The lowest BCUT2D eigenvalue weighted by atomic mass is 10.0. The Kier molecular flexibility index (Phi) is 9.22. The first-order valence-electron chi connectivity index (χ1n) is 7.74. The topological polar surface area (TPSA) is 74.6 Å². The Morgan fingerprint density at radius 3 is 2.43 bits per heavy atom. The number of carboxylic acids is 1. The second-order valence-electron chi connectivity index (χ2n) is 5.66. The summed E-state index contributed by atoms with van der Waals surface area (Å²) < 4.78 is 0. The third kappa shape index (κ3) is 8.94. The van der Waals surface area contributed by atoms with Gasteiger partial charge >= 0.3 is 5.97 Å². The van der Waals surface area contributed by atoms with Crippen molar-refractivity contribution in [3.05, 3.63) is 33.8 Å². The molecule has 0 spiro atoms. The lowest BCUT2D eigenvalue weighted by molar-refractivity contribution is -0.140. The van der Waals surface area contributed by atoms with Gasteiger partial charge in [-0.25, -0.2) is 0 Å². The fourth-order valence-electron chi connectivity index (χ4n) is 2.38. The van der Waals surface area contributed by atoms with Crippen molar-refractivity contribution in [1.29, 1.82) is 0 Å². The number of carboxylic acid groups (broad SMARTS) is 1. The van der Waals surface area contributed by atoms with E-state index in [1.54, 1.807) is 6.07 Å². The summed E-state index contributed by atoms with van der Waals surface area (Å²) in [4.78, 5) is 21.6. The number of hydrogen-bond donors (Lipinski definition) is 2. The van der Waals surface area contributed by atoms with Crippen molar-refractivity contribution < 1.29 is 19.8 Å². The number of Topliss-reactive ketones (excluding diaryl/α,β-unsaturated/α-hetero) is 1. The van der Waals surface area contributed by atoms with Crippen LogP contribution >= 0.6 is 23.2 Å². The van der Waals surface area contributed by atoms with E-state index in [0.717, 1.165) is 37.7 Å². The molecule has 0 aliphatic carbocycles. The van der Waals surface area contributed by atoms with Gasteiger partial charge in [-0.2, -0.15) is 0 Å². The number of aliphatic hydroxyl groups excluding tert-OH is 1. The number of rotatable bonds is 11. The van der Waals surface area contributed by atoms with Crippen molar-refractivity contribution in [2.45, 2.75) is 57.5 Å². The predicted octanol–water partition coefficient (Wildman–Crippen LogP) is 4.28. The van der Waals surface area contributed by atoms with Crippen LogP contribution in [0, 0.1) is 0 Å². The van der Waals surface area contributed by atoms with Crippen LogP contribution in [0.1, 0.15) is 50.5 Å². The van der Waals surface area contributed by atoms with Crippen LogP contribution in [0.2, 0.25) is 10.0 Å². The Bertz CT molecular complexity index is 531. The summed E-state index contributed by atoms with van der Waals surface area (Å²) in [5.41, 5.74) is 1.08. The standard InChI is InChI=1S/C17H22Cl2O4/c18-13-8-7-12(16(19)9-13)5-3-1-2-4-6-14(20)10-15(21)11-17(22)23/h7-9,14,20H,1-6,10-11H2,(H,22,23). The van der Waals surface area contributed by atoms with Gasteiger partial charge in [0.25, 0.3) is 0 Å². The first-order chi connectivity index (χ1) is 10.9. The van der Waals surface area contributed by atoms with Crippen molar-refractivity contribution >= 4 is 35.0 Å². The largest absolute Gasteiger partial charge is 0.481 e. The Morgan fingerprint density at radius 1 is 1.09 bits per heavy atom. The number of aliphatic carboxylic acids is 1. The molecule has 1 aromatic carbocycles. The second-order valence-corrected chi connectivity index (χ2v) is 6.50. The van der Waals surface area contributed by atoms with E-state index in [9.17, 15) is 14.7 Å². The lowest BCUT2D eigenvalue weighted by Crippen LogP contribution is -2.16. The summed E-state index contributed by atoms with van der Waals surface area (Å²) in [5.74, 6) is -1.58. The third-order valence-electron chi connectivity index (χ3n) is 3.56. The van der Waals surface area contributed by atoms with E-state index in [-0.39, 0.29) is 6.42 Å². The molecule has 0 aliphatic rings. The predicted molar refractivity (Wildman–Crippen MR) is 91.1 cm³/mol. The van der Waals surface area contributed by atoms with Crippen LogP contribution < -0.4 is 0 Å². The number of unbranched alkanes of at least 4 members (excludes halogenated alkanes) is 3. The Morgan fingerprint density at radius 2 is 1.78 bits per heavy atom. The minimum absolute atomic E-state index is 0.0767. The SMILES string of the molecule is O=C(O)CC(=O)CC(O)CCCCCCc1ccc(Cl)cc1Cl. The Hall–Kier alpha value is -1.10. The van der Waals surface area contributed by atoms with Gasteiger partial charge in [-0.15, -0.1) is 0 Å². The molecule has 1 unspecified atom stereocenters. The molecule has 4 nitrogen and oxygen atoms in total. The molecule has 0 amide bonds. The molecule has 1 rings (SSSR count). The highest BCUT2D eigenvalue weighted by Gasteiger charge is 2.13. The van der Waals surface area contributed by atoms with E-state index >= 15 is 0 Å². The van der Waals surface area contributed by atoms with Gasteiger partial charge in [-0.3, -0.25) is 9.59 Å². The molecular formula is C17H22Cl2O4. The van der Waals surface area contributed by atoms with E-state index < -0.39 is 24.3 Å². The normalized spacial score (nSPS) is 12.1. The maximum atomic E-state index is 11.2. The quantitative estimate of drug-likeness (QED) is 0.456. The van der Waals surface area contributed by atoms with Crippen LogP contribution in [-0.2, 0) is 16.0 Å². The molecular weight excluding hydrogens is 339 g/mol. The molecule has 0 aliphatic heterocycles. The van der Waals surface area contributed by atoms with Gasteiger partial charge in [0.15, 0.2) is 0 Å². The zero-order chi connectivity index (χ0) is 17.2. The first kappa shape index (κ1) is 19.9. The molecule has 0 saturated heterocycles. The van der Waals surface area contributed by atoms with Gasteiger partial charge in [0.1, 0.15) is 12.2 Å². The summed E-state index contributed by atoms with van der Waals surface area (Å²) in [6, 6.07) is 5.50. The van der Waals surface area contributed by atoms with Crippen molar-refractivity contribution in [2.75, 3.05) is 0 Å². The van der Waals surface area contributed by atoms with Crippen LogP contribution in [-0.4, -0.2) is 28.1 Å². The van der Waals surface area contributed by atoms with Gasteiger partial charge in [0, 0.05) is 16.5 Å². The number of carbonyl (C=O) groups is 2. The van der Waals surface area contributed by atoms with Gasteiger partial charge in [0.2, 0.25) is 0 Å². The van der Waals surface area contributed by atoms with Crippen molar-refractivity contribution in [3.63, 3.8) is 0 Å². The number of aryl methyl sites for hydroxylation is 1. The molecule has 1 aromatic rings. The Balaban J connectivity index is 2.11. The van der Waals surface area contributed by atoms with Crippen LogP contribution in [0.15, 0.2) is 18.2 Å². The Labute approximate surface area is 146 Å². The molecule has 0 radical (unpaired) electrons. The molecule has 0 heterocycles. The summed E-state index contributed by atoms with van der Waals surface area (Å²) >= 11 is 12.0. The van der Waals surface area contributed by atoms with Crippen LogP contribution in [0.4, 0.5) is 0 Å². The number of benzene rings is 1. The zero-order valence-electron chi connectivity index (χ0n) is 12.9. The third-order valence-corrected chi connectivity index (χ3v) is 4.15. The van der Waals surface area contributed by atoms with Crippen molar-refractivity contribution in [3.8, 4) is 0 Å². The average Bonchev–Trinajstić information content (AvgIpc) is 2.43. The highest BCUT2D eigenvalue weighted by atomic mass is 35.5. The molecule has 128 valence electrons. The monoisotopic (exact) mass is 360 g/mol. The lowest BCUT2D eigenvalue weighted by Gasteiger charge is -2.09. The van der Waals surface area contributed by atoms with E-state index in [4.69, 9.17) is 28.3 Å². The molecule has 0 saturated carbocycles. The molecule has 2 N–H and O–H groups in total. The molecule has 0 aromatic heterocycles. The van der Waals surface area contributed by atoms with Gasteiger partial charge in [-0.1, -0.05) is 48.5 Å². The summed E-state index contributed by atoms with van der Waals surface area (Å²) in [7, 11) is 0. The first-order valence-corrected chi connectivity index (χ1v) is 8.49. The number of carbonyl (C=O) groups excluding carboxylic acids is 1. The van der Waals surface area contributed by atoms with E-state index in [2.05, 4.69) is 0 Å². The summed E-state index contributed by atoms with van der Waals surface area (Å²) in [6.07, 6.45) is 3.84. The average molecular weight is 361 g/mol. The summed E-state index contributed by atoms with van der Waals surface area (Å²) in [5, 5.41) is 19.5. The van der Waals surface area contributed by atoms with Crippen LogP contribution in [0.3, 0.4) is 0 Å². The summed E-state index contributed by atoms with van der Waals surface area (Å²) in [6.45, 7) is 0. The van der Waals surface area contributed by atoms with E-state index in [0.29, 0.717) is 16.5 Å². The van der Waals surface area contributed by atoms with E-state index in [1.807, 2.05) is 12.1 Å². The minimum atomic E-state index is -1.15. The molecule has 23 heavy (non-hydrogen) atoms. The molecule has 6 heteroatoms. The van der Waals surface area contributed by atoms with Crippen molar-refractivity contribution in [2.24, 2.45) is 0 Å². The van der Waals surface area contributed by atoms with Crippen LogP contribution in [0.5, 0.6) is 0 Å². The smallest absolute Gasteiger partial charge is 0.310 e. The molecule has 0 fully saturated rings. The number of halogens is 2. The number of ketones is 1. The molecule has 1 atom stereocenters. The highest BCUT2D eigenvalue weighted by Crippen LogP contribution is 2.22. The van der Waals surface area contributed by atoms with Gasteiger partial charge in [-0.05, 0) is 37.0 Å². The maximum Gasteiger partial charge on any atom is 0.310 e. The zero-order valence-corrected chi connectivity index (χ0v) is 14.4. The highest BCUT2D eigenvalue weighted by molar-refractivity contribution is 6.35. The fourth-order valence-corrected chi connectivity index (χ4v) is 2.88. The number of aliphatic hydroxyl groups is 1. The van der Waals surface area contributed by atoms with E-state index in [1.165, 1.54) is 0 Å². The van der Waals surface area contributed by atoms with Crippen molar-refractivity contribution in [1.82, 2.24) is 0 Å². The fraction of sp³-hybridized carbons (Fsp3) is 0.529. The number of hydrogen-bond acceptors (Lipinski definition) is 3. The van der Waals surface area contributed by atoms with Crippen LogP contribution in [0.25, 0.3) is 0 Å². The maximum absolute atomic E-state index is 11.2. The second kappa shape index (κ2) is 10.6. The van der Waals surface area contributed by atoms with Gasteiger partial charge in [0.05, 0.1) is 6.10 Å². The minimum Gasteiger partial charge on any atom is -0.481 e. The molecule has 0 bridgehead atoms. The van der Waals surface area contributed by atoms with Gasteiger partial charge < -0.3 is 10.2 Å².